The second kappa shape index (κ2) is 15.1. The van der Waals surface area contributed by atoms with Crippen molar-refractivity contribution in [2.45, 2.75) is 157 Å². The highest BCUT2D eigenvalue weighted by molar-refractivity contribution is 7.92. The molecule has 12 nitrogen and oxygen atoms in total. The van der Waals surface area contributed by atoms with Crippen LogP contribution in [0, 0.1) is 17.3 Å². The number of amides is 5. The van der Waals surface area contributed by atoms with Gasteiger partial charge in [-0.05, 0) is 75.0 Å². The molecule has 2 heterocycles. The van der Waals surface area contributed by atoms with Gasteiger partial charge >= 0.3 is 6.03 Å². The first-order valence-corrected chi connectivity index (χ1v) is 21.0. The normalized spacial score (nSPS) is 29.4. The SMILES string of the molecule is CCCCC(NC(=O)C1C2CC(Cl)(Cl)CC2CN1C(=O)C(NC(=O)NC1(C2CCCS2(=O)=O)CCCCC1)C(C)(C)C)C(=O)C(=O)NC1CC1. The number of sulfone groups is 1. The molecule has 0 bridgehead atoms. The molecule has 15 heteroatoms. The number of Topliss-reactive ketones (excluding diaryl/α,β-unsaturated/α-hetero) is 1. The Bertz CT molecular complexity index is 1440. The van der Waals surface area contributed by atoms with E-state index in [1.807, 2.05) is 27.7 Å². The van der Waals surface area contributed by atoms with Crippen LogP contribution in [-0.4, -0.2) is 94.4 Å². The first kappa shape index (κ1) is 39.1. The zero-order chi connectivity index (χ0) is 36.6. The Morgan fingerprint density at radius 3 is 2.20 bits per heavy atom. The minimum absolute atomic E-state index is 0.0219. The topological polar surface area (TPSA) is 171 Å². The molecule has 5 rings (SSSR count). The summed E-state index contributed by atoms with van der Waals surface area (Å²) in [5.41, 5.74) is -1.71. The summed E-state index contributed by atoms with van der Waals surface area (Å²) in [5.74, 6) is -2.95. The van der Waals surface area contributed by atoms with Crippen LogP contribution in [0.5, 0.6) is 0 Å². The van der Waals surface area contributed by atoms with Gasteiger partial charge in [0.2, 0.25) is 17.6 Å². The van der Waals surface area contributed by atoms with Crippen molar-refractivity contribution >= 4 is 62.6 Å². The third-order valence-corrected chi connectivity index (χ3v) is 14.5. The van der Waals surface area contributed by atoms with Crippen molar-refractivity contribution in [2.75, 3.05) is 12.3 Å². The molecule has 3 aliphatic carbocycles. The fraction of sp³-hybridized carbons (Fsp3) is 0.857. The van der Waals surface area contributed by atoms with E-state index in [0.717, 1.165) is 38.5 Å². The van der Waals surface area contributed by atoms with Gasteiger partial charge in [0, 0.05) is 12.6 Å². The van der Waals surface area contributed by atoms with Crippen molar-refractivity contribution in [1.29, 1.82) is 0 Å². The maximum Gasteiger partial charge on any atom is 0.315 e. The quantitative estimate of drug-likeness (QED) is 0.173. The molecule has 2 saturated heterocycles. The van der Waals surface area contributed by atoms with Crippen LogP contribution in [0.25, 0.3) is 0 Å². The Labute approximate surface area is 306 Å². The molecular weight excluding hydrogens is 705 g/mol. The number of ketones is 1. The average Bonchev–Trinajstić information content (AvgIpc) is 3.56. The Kier molecular flexibility index (Phi) is 11.8. The summed E-state index contributed by atoms with van der Waals surface area (Å²) in [4.78, 5) is 70.1. The highest BCUT2D eigenvalue weighted by Crippen LogP contribution is 2.52. The molecule has 0 aromatic rings. The number of nitrogens with one attached hydrogen (secondary N) is 4. The number of nitrogens with zero attached hydrogens (tertiary/aromatic N) is 1. The van der Waals surface area contributed by atoms with Gasteiger partial charge in [0.15, 0.2) is 9.84 Å². The second-order valence-electron chi connectivity index (χ2n) is 16.6. The second-order valence-corrected chi connectivity index (χ2v) is 20.5. The number of fused-ring (bicyclic) bond motifs is 1. The monoisotopic (exact) mass is 759 g/mol. The van der Waals surface area contributed by atoms with Crippen LogP contribution in [0.2, 0.25) is 0 Å². The summed E-state index contributed by atoms with van der Waals surface area (Å²) in [6.45, 7) is 7.59. The van der Waals surface area contributed by atoms with Gasteiger partial charge in [0.1, 0.15) is 16.4 Å². The van der Waals surface area contributed by atoms with E-state index in [0.29, 0.717) is 38.5 Å². The summed E-state index contributed by atoms with van der Waals surface area (Å²) in [6.07, 6.45) is 8.57. The van der Waals surface area contributed by atoms with Gasteiger partial charge in [-0.15, -0.1) is 23.2 Å². The molecule has 5 fully saturated rings. The maximum atomic E-state index is 14.6. The predicted molar refractivity (Wildman–Crippen MR) is 191 cm³/mol. The Balaban J connectivity index is 1.37. The largest absolute Gasteiger partial charge is 0.347 e. The number of rotatable bonds is 12. The summed E-state index contributed by atoms with van der Waals surface area (Å²) in [5, 5.41) is 10.8. The fourth-order valence-corrected chi connectivity index (χ4v) is 11.9. The molecule has 5 aliphatic rings. The number of carbonyl (C=O) groups is 5. The van der Waals surface area contributed by atoms with Crippen LogP contribution in [0.4, 0.5) is 4.79 Å². The zero-order valence-electron chi connectivity index (χ0n) is 29.8. The summed E-state index contributed by atoms with van der Waals surface area (Å²) in [6, 6.07) is -3.80. The van der Waals surface area contributed by atoms with Crippen LogP contribution < -0.4 is 21.3 Å². The van der Waals surface area contributed by atoms with E-state index in [9.17, 15) is 32.4 Å². The molecule has 6 unspecified atom stereocenters. The molecule has 0 aromatic carbocycles. The first-order valence-electron chi connectivity index (χ1n) is 18.5. The first-order chi connectivity index (χ1) is 23.4. The number of hydrogen-bond acceptors (Lipinski definition) is 7. The average molecular weight is 761 g/mol. The molecule has 3 saturated carbocycles. The molecule has 282 valence electrons. The summed E-state index contributed by atoms with van der Waals surface area (Å²) < 4.78 is 25.1. The highest BCUT2D eigenvalue weighted by atomic mass is 35.5. The van der Waals surface area contributed by atoms with Crippen molar-refractivity contribution < 1.29 is 32.4 Å². The molecule has 6 atom stereocenters. The Morgan fingerprint density at radius 1 is 0.940 bits per heavy atom. The lowest BCUT2D eigenvalue weighted by Crippen LogP contribution is -2.65. The van der Waals surface area contributed by atoms with Gasteiger partial charge in [-0.1, -0.05) is 59.8 Å². The van der Waals surface area contributed by atoms with E-state index in [-0.39, 0.29) is 37.1 Å². The van der Waals surface area contributed by atoms with E-state index in [4.69, 9.17) is 23.2 Å². The fourth-order valence-electron chi connectivity index (χ4n) is 8.77. The van der Waals surface area contributed by atoms with Crippen LogP contribution in [0.3, 0.4) is 0 Å². The molecule has 2 aliphatic heterocycles. The number of halogens is 2. The van der Waals surface area contributed by atoms with E-state index < -0.39 is 84.0 Å². The predicted octanol–water partition coefficient (Wildman–Crippen LogP) is 3.91. The van der Waals surface area contributed by atoms with Crippen molar-refractivity contribution in [1.82, 2.24) is 26.2 Å². The van der Waals surface area contributed by atoms with Gasteiger partial charge in [0.25, 0.3) is 5.91 Å². The molecule has 50 heavy (non-hydrogen) atoms. The van der Waals surface area contributed by atoms with Crippen molar-refractivity contribution in [2.24, 2.45) is 17.3 Å². The molecular formula is C35H55Cl2N5O7S. The highest BCUT2D eigenvalue weighted by Gasteiger charge is 2.58. The smallest absolute Gasteiger partial charge is 0.315 e. The summed E-state index contributed by atoms with van der Waals surface area (Å²) >= 11 is 13.2. The number of alkyl halides is 2. The van der Waals surface area contributed by atoms with Crippen molar-refractivity contribution in [3.63, 3.8) is 0 Å². The number of carbonyl (C=O) groups excluding carboxylic acids is 5. The van der Waals surface area contributed by atoms with Crippen LogP contribution in [0.1, 0.15) is 118 Å². The lowest BCUT2D eigenvalue weighted by molar-refractivity contribution is -0.144. The number of urea groups is 1. The van der Waals surface area contributed by atoms with Crippen LogP contribution >= 0.6 is 23.2 Å². The Morgan fingerprint density at radius 2 is 1.62 bits per heavy atom. The third kappa shape index (κ3) is 8.73. The van der Waals surface area contributed by atoms with Gasteiger partial charge in [-0.3, -0.25) is 19.2 Å². The van der Waals surface area contributed by atoms with E-state index in [1.54, 1.807) is 0 Å². The number of hydrogen-bond donors (Lipinski definition) is 4. The lowest BCUT2D eigenvalue weighted by Gasteiger charge is -2.43. The molecule has 0 radical (unpaired) electrons. The Hall–Kier alpha value is -2.12. The van der Waals surface area contributed by atoms with Gasteiger partial charge in [-0.25, -0.2) is 13.2 Å². The van der Waals surface area contributed by atoms with Crippen LogP contribution in [0.15, 0.2) is 0 Å². The third-order valence-electron chi connectivity index (χ3n) is 11.5. The van der Waals surface area contributed by atoms with E-state index in [2.05, 4.69) is 21.3 Å². The zero-order valence-corrected chi connectivity index (χ0v) is 32.2. The number of unbranched alkanes of at least 4 members (excludes halogenated alkanes) is 1. The van der Waals surface area contributed by atoms with Gasteiger partial charge in [-0.2, -0.15) is 0 Å². The lowest BCUT2D eigenvalue weighted by atomic mass is 9.78. The standard InChI is InChI=1S/C35H55Cl2N5O7S/c1-5-6-11-24(27(43)30(45)38-22-13-14-22)39-29(44)26-23-19-35(36,37)18-21(23)20-42(26)31(46)28(33(2,3)4)40-32(47)41-34(15-8-7-9-16-34)25-12-10-17-50(25,48)49/h21-26,28H,5-20H2,1-4H3,(H,38,45)(H,39,44)(H2,40,41,47). The molecule has 0 aromatic heterocycles. The maximum absolute atomic E-state index is 14.6. The van der Waals surface area contributed by atoms with E-state index >= 15 is 0 Å². The molecule has 0 spiro atoms. The van der Waals surface area contributed by atoms with Crippen molar-refractivity contribution in [3.05, 3.63) is 0 Å². The summed E-state index contributed by atoms with van der Waals surface area (Å²) in [7, 11) is -3.38. The van der Waals surface area contributed by atoms with E-state index in [1.165, 1.54) is 4.90 Å². The number of likely N-dealkylation sites (tertiary alicyclic amines) is 1. The van der Waals surface area contributed by atoms with Gasteiger partial charge in [0.05, 0.1) is 22.6 Å². The minimum atomic E-state index is -3.38. The van der Waals surface area contributed by atoms with Crippen LogP contribution in [-0.2, 0) is 29.0 Å². The minimum Gasteiger partial charge on any atom is -0.347 e. The van der Waals surface area contributed by atoms with Crippen molar-refractivity contribution in [3.8, 4) is 0 Å². The molecule has 4 N–H and O–H groups in total. The van der Waals surface area contributed by atoms with Gasteiger partial charge < -0.3 is 26.2 Å². The molecule has 5 amide bonds.